The molecule has 9 heteroatoms. The maximum atomic E-state index is 12.4. The molecule has 2 aromatic rings. The van der Waals surface area contributed by atoms with E-state index in [1.807, 2.05) is 35.6 Å². The van der Waals surface area contributed by atoms with E-state index < -0.39 is 30.4 Å². The fourth-order valence-corrected chi connectivity index (χ4v) is 3.82. The molecule has 4 rings (SSSR count). The van der Waals surface area contributed by atoms with Crippen molar-refractivity contribution in [3.8, 4) is 5.75 Å². The molecule has 9 nitrogen and oxygen atoms in total. The van der Waals surface area contributed by atoms with E-state index >= 15 is 0 Å². The molecule has 1 saturated heterocycles. The molecule has 0 aromatic heterocycles. The predicted octanol–water partition coefficient (Wildman–Crippen LogP) is 3.33. The number of nitrogens with zero attached hydrogens (tertiary/aromatic N) is 2. The summed E-state index contributed by atoms with van der Waals surface area (Å²) in [6, 6.07) is 11.0. The molecule has 174 valence electrons. The van der Waals surface area contributed by atoms with Crippen molar-refractivity contribution in [1.29, 1.82) is 0 Å². The Kier molecular flexibility index (Phi) is 6.44. The second-order valence-electron chi connectivity index (χ2n) is 7.76. The van der Waals surface area contributed by atoms with Gasteiger partial charge in [0.05, 0.1) is 5.69 Å². The second-order valence-corrected chi connectivity index (χ2v) is 7.76. The summed E-state index contributed by atoms with van der Waals surface area (Å²) in [5.41, 5.74) is 0.661. The van der Waals surface area contributed by atoms with Crippen LogP contribution in [-0.2, 0) is 14.4 Å². The van der Waals surface area contributed by atoms with Gasteiger partial charge in [0.25, 0.3) is 11.8 Å². The highest BCUT2D eigenvalue weighted by Gasteiger charge is 2.36. The Morgan fingerprint density at radius 2 is 1.82 bits per heavy atom. The van der Waals surface area contributed by atoms with Crippen molar-refractivity contribution in [1.82, 2.24) is 10.2 Å². The van der Waals surface area contributed by atoms with Gasteiger partial charge in [0.15, 0.2) is 5.75 Å². The van der Waals surface area contributed by atoms with E-state index in [-0.39, 0.29) is 5.57 Å². The summed E-state index contributed by atoms with van der Waals surface area (Å²) in [4.78, 5) is 49.7. The largest absolute Gasteiger partial charge is 0.480 e. The molecule has 0 saturated carbocycles. The summed E-state index contributed by atoms with van der Waals surface area (Å²) < 4.78 is 6.08. The Balaban J connectivity index is 1.60. The number of amides is 4. The predicted molar refractivity (Wildman–Crippen MR) is 125 cm³/mol. The number of fused-ring (bicyclic) bond motifs is 3. The Bertz CT molecular complexity index is 1280. The van der Waals surface area contributed by atoms with Crippen molar-refractivity contribution in [2.75, 3.05) is 18.0 Å². The molecule has 1 fully saturated rings. The quantitative estimate of drug-likeness (QED) is 0.480. The van der Waals surface area contributed by atoms with Crippen LogP contribution in [0.3, 0.4) is 0 Å². The number of carboxylic acid groups (broad SMARTS) is 1. The number of urea groups is 1. The number of nitrogens with one attached hydrogen (secondary N) is 1. The summed E-state index contributed by atoms with van der Waals surface area (Å²) >= 11 is 0. The number of allylic oxidation sites excluding steroid dienone is 4. The van der Waals surface area contributed by atoms with E-state index in [4.69, 9.17) is 9.84 Å². The number of hydrogen-bond donors (Lipinski definition) is 2. The lowest BCUT2D eigenvalue weighted by Gasteiger charge is -2.24. The van der Waals surface area contributed by atoms with Crippen molar-refractivity contribution in [2.45, 2.75) is 19.8 Å². The van der Waals surface area contributed by atoms with E-state index in [1.54, 1.807) is 12.2 Å². The molecule has 2 aliphatic rings. The van der Waals surface area contributed by atoms with Gasteiger partial charge in [0.2, 0.25) is 5.88 Å². The molecular weight excluding hydrogens is 438 g/mol. The number of benzene rings is 2. The van der Waals surface area contributed by atoms with Gasteiger partial charge in [-0.05, 0) is 30.0 Å². The molecule has 4 amide bonds. The molecule has 2 heterocycles. The van der Waals surface area contributed by atoms with Crippen LogP contribution in [0.25, 0.3) is 10.8 Å². The number of barbiturate groups is 1. The van der Waals surface area contributed by atoms with E-state index in [0.717, 1.165) is 41.6 Å². The van der Waals surface area contributed by atoms with Crippen LogP contribution in [0.4, 0.5) is 10.5 Å². The van der Waals surface area contributed by atoms with Crippen molar-refractivity contribution >= 4 is 40.3 Å². The van der Waals surface area contributed by atoms with Crippen LogP contribution in [0.15, 0.2) is 72.2 Å². The Morgan fingerprint density at radius 1 is 1.06 bits per heavy atom. The first-order valence-corrected chi connectivity index (χ1v) is 10.9. The van der Waals surface area contributed by atoms with Crippen LogP contribution in [0, 0.1) is 0 Å². The monoisotopic (exact) mass is 461 g/mol. The normalized spacial score (nSPS) is 18.2. The summed E-state index contributed by atoms with van der Waals surface area (Å²) in [5.74, 6) is -1.85. The SMILES string of the molecule is CCCCN1/C(=C/C=C/C=C2/C(=O)NC(=O)N(CC(=O)O)C2=O)Oc2ccc3ccccc3c21. The van der Waals surface area contributed by atoms with Gasteiger partial charge in [-0.2, -0.15) is 0 Å². The first-order valence-electron chi connectivity index (χ1n) is 10.9. The minimum Gasteiger partial charge on any atom is -0.480 e. The number of unbranched alkanes of at least 4 members (excludes halogenated alkanes) is 1. The lowest BCUT2D eigenvalue weighted by atomic mass is 10.1. The summed E-state index contributed by atoms with van der Waals surface area (Å²) in [6.45, 7) is 2.03. The standard InChI is InChI=1S/C25H23N3O6/c1-2-3-14-27-20(34-19-13-12-16-8-4-5-9-17(16)22(19)27)11-7-6-10-18-23(31)26-25(33)28(24(18)32)15-21(29)30/h4-13H,2-3,14-15H2,1H3,(H,29,30)(H,26,31,33)/b7-6+,18-10-,20-11-. The minimum atomic E-state index is -1.37. The minimum absolute atomic E-state index is 0.333. The maximum absolute atomic E-state index is 12.4. The zero-order chi connectivity index (χ0) is 24.2. The fraction of sp³-hybridized carbons (Fsp3) is 0.200. The van der Waals surface area contributed by atoms with Crippen LogP contribution in [0.1, 0.15) is 19.8 Å². The molecule has 0 radical (unpaired) electrons. The van der Waals surface area contributed by atoms with Gasteiger partial charge in [-0.3, -0.25) is 19.7 Å². The number of rotatable bonds is 7. The fourth-order valence-electron chi connectivity index (χ4n) is 3.82. The number of ether oxygens (including phenoxy) is 1. The third-order valence-corrected chi connectivity index (χ3v) is 5.44. The number of anilines is 1. The van der Waals surface area contributed by atoms with Crippen LogP contribution in [0.2, 0.25) is 0 Å². The first-order chi connectivity index (χ1) is 16.4. The summed E-state index contributed by atoms with van der Waals surface area (Å²) in [5, 5.41) is 13.1. The molecule has 2 aliphatic heterocycles. The number of imide groups is 2. The third kappa shape index (κ3) is 4.40. The molecule has 0 atom stereocenters. The van der Waals surface area contributed by atoms with Crippen LogP contribution in [-0.4, -0.2) is 46.9 Å². The van der Waals surface area contributed by atoms with Gasteiger partial charge in [0.1, 0.15) is 12.1 Å². The Labute approximate surface area is 195 Å². The Morgan fingerprint density at radius 3 is 2.59 bits per heavy atom. The molecule has 0 bridgehead atoms. The van der Waals surface area contributed by atoms with Gasteiger partial charge in [-0.1, -0.05) is 55.8 Å². The molecular formula is C25H23N3O6. The maximum Gasteiger partial charge on any atom is 0.331 e. The molecule has 34 heavy (non-hydrogen) atoms. The lowest BCUT2D eigenvalue weighted by Crippen LogP contribution is -2.55. The highest BCUT2D eigenvalue weighted by molar-refractivity contribution is 6.29. The topological polar surface area (TPSA) is 116 Å². The van der Waals surface area contributed by atoms with E-state index in [0.29, 0.717) is 10.8 Å². The first kappa shape index (κ1) is 22.8. The van der Waals surface area contributed by atoms with Gasteiger partial charge in [0, 0.05) is 11.9 Å². The number of carbonyl (C=O) groups is 4. The molecule has 0 aliphatic carbocycles. The number of carbonyl (C=O) groups excluding carboxylic acids is 3. The van der Waals surface area contributed by atoms with Gasteiger partial charge in [-0.15, -0.1) is 0 Å². The van der Waals surface area contributed by atoms with Crippen molar-refractivity contribution in [2.24, 2.45) is 0 Å². The van der Waals surface area contributed by atoms with Crippen molar-refractivity contribution in [3.63, 3.8) is 0 Å². The zero-order valence-corrected chi connectivity index (χ0v) is 18.5. The van der Waals surface area contributed by atoms with Crippen LogP contribution >= 0.6 is 0 Å². The molecule has 2 N–H and O–H groups in total. The van der Waals surface area contributed by atoms with Gasteiger partial charge in [-0.25, -0.2) is 9.69 Å². The van der Waals surface area contributed by atoms with Crippen LogP contribution in [0.5, 0.6) is 5.75 Å². The number of hydrogen-bond acceptors (Lipinski definition) is 6. The van der Waals surface area contributed by atoms with Crippen molar-refractivity contribution in [3.05, 3.63) is 72.2 Å². The third-order valence-electron chi connectivity index (χ3n) is 5.44. The average molecular weight is 461 g/mol. The highest BCUT2D eigenvalue weighted by atomic mass is 16.5. The number of carboxylic acids is 1. The van der Waals surface area contributed by atoms with Crippen LogP contribution < -0.4 is 15.0 Å². The highest BCUT2D eigenvalue weighted by Crippen LogP contribution is 2.44. The molecule has 0 spiro atoms. The summed E-state index contributed by atoms with van der Waals surface area (Å²) in [6.07, 6.45) is 8.02. The lowest BCUT2D eigenvalue weighted by molar-refractivity contribution is -0.142. The zero-order valence-electron chi connectivity index (χ0n) is 18.5. The van der Waals surface area contributed by atoms with E-state index in [2.05, 4.69) is 17.9 Å². The summed E-state index contributed by atoms with van der Waals surface area (Å²) in [7, 11) is 0. The second kappa shape index (κ2) is 9.62. The Hall–Kier alpha value is -4.40. The van der Waals surface area contributed by atoms with Gasteiger partial charge < -0.3 is 14.7 Å². The van der Waals surface area contributed by atoms with E-state index in [9.17, 15) is 19.2 Å². The van der Waals surface area contributed by atoms with Crippen molar-refractivity contribution < 1.29 is 29.0 Å². The van der Waals surface area contributed by atoms with E-state index in [1.165, 1.54) is 12.2 Å². The smallest absolute Gasteiger partial charge is 0.331 e. The number of aliphatic carboxylic acids is 1. The molecule has 2 aromatic carbocycles. The molecule has 0 unspecified atom stereocenters. The van der Waals surface area contributed by atoms with Gasteiger partial charge >= 0.3 is 12.0 Å². The average Bonchev–Trinajstić information content (AvgIpc) is 3.17.